The van der Waals surface area contributed by atoms with E-state index in [-0.39, 0.29) is 11.4 Å². The SMILES string of the molecule is C=C1CC(COC(C)=O)C1(C)C. The third-order valence-electron chi connectivity index (χ3n) is 2.91. The van der Waals surface area contributed by atoms with Crippen LogP contribution in [0, 0.1) is 11.3 Å². The number of ether oxygens (including phenoxy) is 1. The largest absolute Gasteiger partial charge is 0.466 e. The Labute approximate surface area is 73.6 Å². The van der Waals surface area contributed by atoms with Gasteiger partial charge in [-0.2, -0.15) is 0 Å². The Hall–Kier alpha value is -0.790. The minimum atomic E-state index is -0.191. The molecule has 1 saturated carbocycles. The summed E-state index contributed by atoms with van der Waals surface area (Å²) in [7, 11) is 0. The predicted molar refractivity (Wildman–Crippen MR) is 47.7 cm³/mol. The number of carbonyl (C=O) groups excluding carboxylic acids is 1. The zero-order chi connectivity index (χ0) is 9.35. The molecule has 0 amide bonds. The number of hydrogen-bond donors (Lipinski definition) is 0. The summed E-state index contributed by atoms with van der Waals surface area (Å²) in [4.78, 5) is 10.5. The second kappa shape index (κ2) is 2.92. The minimum absolute atomic E-state index is 0.162. The zero-order valence-corrected chi connectivity index (χ0v) is 8.02. The highest BCUT2D eigenvalue weighted by molar-refractivity contribution is 5.65. The summed E-state index contributed by atoms with van der Waals surface area (Å²) in [6, 6.07) is 0. The van der Waals surface area contributed by atoms with Gasteiger partial charge in [-0.15, -0.1) is 0 Å². The predicted octanol–water partition coefficient (Wildman–Crippen LogP) is 2.15. The van der Waals surface area contributed by atoms with Crippen LogP contribution in [0.2, 0.25) is 0 Å². The number of rotatable bonds is 2. The van der Waals surface area contributed by atoms with Crippen molar-refractivity contribution in [3.05, 3.63) is 12.2 Å². The maximum absolute atomic E-state index is 10.5. The average Bonchev–Trinajstić information content (AvgIpc) is 1.97. The Morgan fingerprint density at radius 2 is 2.33 bits per heavy atom. The molecule has 12 heavy (non-hydrogen) atoms. The highest BCUT2D eigenvalue weighted by atomic mass is 16.5. The van der Waals surface area contributed by atoms with Gasteiger partial charge >= 0.3 is 5.97 Å². The lowest BCUT2D eigenvalue weighted by Crippen LogP contribution is -2.40. The van der Waals surface area contributed by atoms with Gasteiger partial charge in [0.05, 0.1) is 6.61 Å². The number of hydrogen-bond acceptors (Lipinski definition) is 2. The summed E-state index contributed by atoms with van der Waals surface area (Å²) in [5.74, 6) is 0.275. The van der Waals surface area contributed by atoms with Gasteiger partial charge < -0.3 is 4.74 Å². The van der Waals surface area contributed by atoms with Crippen molar-refractivity contribution in [2.75, 3.05) is 6.61 Å². The van der Waals surface area contributed by atoms with Gasteiger partial charge in [-0.25, -0.2) is 0 Å². The fraction of sp³-hybridized carbons (Fsp3) is 0.700. The van der Waals surface area contributed by atoms with E-state index < -0.39 is 0 Å². The maximum atomic E-state index is 10.5. The van der Waals surface area contributed by atoms with Gasteiger partial charge in [0.25, 0.3) is 0 Å². The molecule has 0 aromatic heterocycles. The molecule has 1 rings (SSSR count). The Morgan fingerprint density at radius 3 is 2.67 bits per heavy atom. The first-order chi connectivity index (χ1) is 5.44. The van der Waals surface area contributed by atoms with Gasteiger partial charge in [0.1, 0.15) is 0 Å². The second-order valence-corrected chi connectivity index (χ2v) is 4.03. The van der Waals surface area contributed by atoms with Gasteiger partial charge in [-0.05, 0) is 11.8 Å². The van der Waals surface area contributed by atoms with Crippen LogP contribution >= 0.6 is 0 Å². The van der Waals surface area contributed by atoms with Gasteiger partial charge in [-0.3, -0.25) is 4.79 Å². The molecule has 0 aromatic carbocycles. The molecule has 0 saturated heterocycles. The van der Waals surface area contributed by atoms with Crippen LogP contribution in [0.1, 0.15) is 27.2 Å². The van der Waals surface area contributed by atoms with Crippen molar-refractivity contribution in [1.82, 2.24) is 0 Å². The smallest absolute Gasteiger partial charge is 0.302 e. The Balaban J connectivity index is 2.37. The Kier molecular flexibility index (Phi) is 2.27. The van der Waals surface area contributed by atoms with Crippen molar-refractivity contribution >= 4 is 5.97 Å². The van der Waals surface area contributed by atoms with E-state index in [9.17, 15) is 4.79 Å². The van der Waals surface area contributed by atoms with Crippen molar-refractivity contribution in [3.8, 4) is 0 Å². The van der Waals surface area contributed by atoms with Crippen molar-refractivity contribution in [2.45, 2.75) is 27.2 Å². The first-order valence-corrected chi connectivity index (χ1v) is 4.26. The second-order valence-electron chi connectivity index (χ2n) is 4.03. The van der Waals surface area contributed by atoms with Crippen LogP contribution < -0.4 is 0 Å². The molecule has 68 valence electrons. The van der Waals surface area contributed by atoms with Crippen molar-refractivity contribution in [3.63, 3.8) is 0 Å². The summed E-state index contributed by atoms with van der Waals surface area (Å²) >= 11 is 0. The molecule has 0 aromatic rings. The van der Waals surface area contributed by atoms with Crippen LogP contribution in [0.3, 0.4) is 0 Å². The summed E-state index contributed by atoms with van der Waals surface area (Å²) in [6.07, 6.45) is 1.00. The standard InChI is InChI=1S/C10H16O2/c1-7-5-9(10(7,3)4)6-12-8(2)11/h9H,1,5-6H2,2-4H3. The monoisotopic (exact) mass is 168 g/mol. The normalized spacial score (nSPS) is 26.2. The molecule has 1 unspecified atom stereocenters. The van der Waals surface area contributed by atoms with E-state index in [0.717, 1.165) is 6.42 Å². The number of carbonyl (C=O) groups is 1. The van der Waals surface area contributed by atoms with Crippen LogP contribution in [0.5, 0.6) is 0 Å². The van der Waals surface area contributed by atoms with E-state index in [1.165, 1.54) is 12.5 Å². The van der Waals surface area contributed by atoms with E-state index in [4.69, 9.17) is 4.74 Å². The third kappa shape index (κ3) is 1.52. The van der Waals surface area contributed by atoms with E-state index in [2.05, 4.69) is 20.4 Å². The lowest BCUT2D eigenvalue weighted by molar-refractivity contribution is -0.144. The Bertz CT molecular complexity index is 216. The van der Waals surface area contributed by atoms with Gasteiger partial charge in [-0.1, -0.05) is 26.0 Å². The van der Waals surface area contributed by atoms with Gasteiger partial charge in [0, 0.05) is 12.8 Å². The zero-order valence-electron chi connectivity index (χ0n) is 8.02. The third-order valence-corrected chi connectivity index (χ3v) is 2.91. The summed E-state index contributed by atoms with van der Waals surface area (Å²) in [5.41, 5.74) is 1.43. The molecule has 0 bridgehead atoms. The lowest BCUT2D eigenvalue weighted by Gasteiger charge is -2.46. The topological polar surface area (TPSA) is 26.3 Å². The molecule has 2 nitrogen and oxygen atoms in total. The maximum Gasteiger partial charge on any atom is 0.302 e. The first-order valence-electron chi connectivity index (χ1n) is 4.26. The molecular weight excluding hydrogens is 152 g/mol. The van der Waals surface area contributed by atoms with Crippen LogP contribution in [0.4, 0.5) is 0 Å². The van der Waals surface area contributed by atoms with E-state index in [1.807, 2.05) is 0 Å². The fourth-order valence-electron chi connectivity index (χ4n) is 1.46. The molecule has 0 aliphatic heterocycles. The van der Waals surface area contributed by atoms with Crippen molar-refractivity contribution in [1.29, 1.82) is 0 Å². The molecule has 0 N–H and O–H groups in total. The molecule has 2 heteroatoms. The fourth-order valence-corrected chi connectivity index (χ4v) is 1.46. The quantitative estimate of drug-likeness (QED) is 0.466. The van der Waals surface area contributed by atoms with Crippen LogP contribution in [0.15, 0.2) is 12.2 Å². The van der Waals surface area contributed by atoms with E-state index in [0.29, 0.717) is 12.5 Å². The highest BCUT2D eigenvalue weighted by Crippen LogP contribution is 2.49. The molecule has 1 aliphatic rings. The average molecular weight is 168 g/mol. The molecular formula is C10H16O2. The van der Waals surface area contributed by atoms with Crippen molar-refractivity contribution in [2.24, 2.45) is 11.3 Å². The van der Waals surface area contributed by atoms with E-state index in [1.54, 1.807) is 0 Å². The van der Waals surface area contributed by atoms with E-state index >= 15 is 0 Å². The molecule has 1 fully saturated rings. The lowest BCUT2D eigenvalue weighted by atomic mass is 9.59. The van der Waals surface area contributed by atoms with Crippen LogP contribution in [-0.2, 0) is 9.53 Å². The summed E-state index contributed by atoms with van der Waals surface area (Å²) in [6.45, 7) is 10.2. The molecule has 0 heterocycles. The van der Waals surface area contributed by atoms with Gasteiger partial charge in [0.2, 0.25) is 0 Å². The summed E-state index contributed by atoms with van der Waals surface area (Å²) < 4.78 is 4.95. The van der Waals surface area contributed by atoms with Crippen LogP contribution in [0.25, 0.3) is 0 Å². The van der Waals surface area contributed by atoms with Crippen LogP contribution in [-0.4, -0.2) is 12.6 Å². The highest BCUT2D eigenvalue weighted by Gasteiger charge is 2.42. The molecule has 0 radical (unpaired) electrons. The first kappa shape index (κ1) is 9.30. The number of esters is 1. The minimum Gasteiger partial charge on any atom is -0.466 e. The summed E-state index contributed by atoms with van der Waals surface area (Å²) in [5, 5.41) is 0. The molecule has 0 spiro atoms. The number of allylic oxidation sites excluding steroid dienone is 1. The van der Waals surface area contributed by atoms with Gasteiger partial charge in [0.15, 0.2) is 0 Å². The van der Waals surface area contributed by atoms with Crippen molar-refractivity contribution < 1.29 is 9.53 Å². The molecule has 1 aliphatic carbocycles. The Morgan fingerprint density at radius 1 is 1.75 bits per heavy atom. The molecule has 1 atom stereocenters.